The summed E-state index contributed by atoms with van der Waals surface area (Å²) in [5.41, 5.74) is 7.01. The maximum atomic E-state index is 14.3. The van der Waals surface area contributed by atoms with Gasteiger partial charge < -0.3 is 25.8 Å². The Morgan fingerprint density at radius 1 is 1.62 bits per heavy atom. The van der Waals surface area contributed by atoms with E-state index in [9.17, 15) is 19.7 Å². The Hall–Kier alpha value is -1.68. The van der Waals surface area contributed by atoms with Crippen molar-refractivity contribution in [3.05, 3.63) is 23.4 Å². The van der Waals surface area contributed by atoms with Crippen molar-refractivity contribution in [3.8, 4) is 0 Å². The molecule has 6 N–H and O–H groups in total. The molecule has 0 aromatic rings. The minimum Gasteiger partial charge on any atom is -0.394 e. The van der Waals surface area contributed by atoms with Crippen LogP contribution in [-0.4, -0.2) is 63.2 Å². The molecule has 3 aliphatic heterocycles. The van der Waals surface area contributed by atoms with Gasteiger partial charge >= 0.3 is 0 Å². The van der Waals surface area contributed by atoms with Crippen molar-refractivity contribution in [1.29, 1.82) is 0 Å². The standard InChI is InChI=1S/C12H17FN4O4/c1-12(20)9(19)7(3-18)21-10(12)8-5(13)2-6-11(14)15-4-16-17(6)8/h2,4,7-10,18-20H,3,14H2,1H3,(H,15,16)/t7-,8?,9-,10+,12-/m1/s1. The molecule has 9 heteroatoms. The third-order valence-electron chi connectivity index (χ3n) is 4.07. The highest BCUT2D eigenvalue weighted by atomic mass is 19.1. The molecular formula is C12H17FN4O4. The average molecular weight is 300 g/mol. The molecular weight excluding hydrogens is 283 g/mol. The van der Waals surface area contributed by atoms with Crippen LogP contribution in [0.1, 0.15) is 6.92 Å². The largest absolute Gasteiger partial charge is 0.394 e. The highest BCUT2D eigenvalue weighted by molar-refractivity contribution is 5.59. The van der Waals surface area contributed by atoms with E-state index >= 15 is 0 Å². The number of aliphatic hydroxyl groups is 3. The van der Waals surface area contributed by atoms with E-state index in [1.54, 1.807) is 0 Å². The predicted molar refractivity (Wildman–Crippen MR) is 70.0 cm³/mol. The van der Waals surface area contributed by atoms with E-state index in [0.717, 1.165) is 0 Å². The summed E-state index contributed by atoms with van der Waals surface area (Å²) < 4.78 is 19.8. The van der Waals surface area contributed by atoms with Gasteiger partial charge in [-0.3, -0.25) is 10.4 Å². The van der Waals surface area contributed by atoms with Crippen LogP contribution in [0.4, 0.5) is 4.39 Å². The summed E-state index contributed by atoms with van der Waals surface area (Å²) in [5.74, 6) is -0.453. The molecule has 0 amide bonds. The number of halogens is 1. The molecule has 116 valence electrons. The number of hydrogen-bond acceptors (Lipinski definition) is 8. The van der Waals surface area contributed by atoms with Gasteiger partial charge in [0, 0.05) is 6.08 Å². The number of rotatable bonds is 2. The second kappa shape index (κ2) is 4.67. The molecule has 5 atom stereocenters. The van der Waals surface area contributed by atoms with Gasteiger partial charge in [0.15, 0.2) is 5.82 Å². The third-order valence-corrected chi connectivity index (χ3v) is 4.07. The maximum Gasteiger partial charge on any atom is 0.150 e. The van der Waals surface area contributed by atoms with Gasteiger partial charge in [0.25, 0.3) is 0 Å². The number of allylic oxidation sites excluding steroid dienone is 1. The van der Waals surface area contributed by atoms with E-state index in [1.807, 2.05) is 0 Å². The average Bonchev–Trinajstić information content (AvgIpc) is 2.87. The van der Waals surface area contributed by atoms with E-state index in [-0.39, 0.29) is 5.82 Å². The van der Waals surface area contributed by atoms with Crippen molar-refractivity contribution in [2.75, 3.05) is 6.61 Å². The van der Waals surface area contributed by atoms with Crippen molar-refractivity contribution in [2.24, 2.45) is 10.7 Å². The van der Waals surface area contributed by atoms with Crippen LogP contribution in [0.3, 0.4) is 0 Å². The Balaban J connectivity index is 1.95. The highest BCUT2D eigenvalue weighted by Crippen LogP contribution is 2.40. The zero-order chi connectivity index (χ0) is 15.4. The lowest BCUT2D eigenvalue weighted by atomic mass is 9.88. The van der Waals surface area contributed by atoms with E-state index in [4.69, 9.17) is 10.5 Å². The zero-order valence-corrected chi connectivity index (χ0v) is 11.3. The SMILES string of the molecule is C[C@@]1(O)[C@H](O)[C@@H](CO)O[C@H]1C1C(F)=CC2=C(N)N=CNN21. The first kappa shape index (κ1) is 14.3. The normalized spacial score (nSPS) is 42.1. The van der Waals surface area contributed by atoms with Gasteiger partial charge in [-0.2, -0.15) is 0 Å². The lowest BCUT2D eigenvalue weighted by Gasteiger charge is -2.37. The van der Waals surface area contributed by atoms with Crippen LogP contribution in [0.15, 0.2) is 28.4 Å². The number of nitrogens with zero attached hydrogens (tertiary/aromatic N) is 2. The lowest BCUT2D eigenvalue weighted by Crippen LogP contribution is -2.57. The molecule has 3 aliphatic rings. The predicted octanol–water partition coefficient (Wildman–Crippen LogP) is -1.93. The molecule has 0 saturated carbocycles. The first-order valence-electron chi connectivity index (χ1n) is 6.49. The van der Waals surface area contributed by atoms with Crippen molar-refractivity contribution in [1.82, 2.24) is 10.4 Å². The third kappa shape index (κ3) is 1.93. The van der Waals surface area contributed by atoms with Gasteiger partial charge in [-0.05, 0) is 6.92 Å². The number of hydrazine groups is 1. The maximum absolute atomic E-state index is 14.3. The second-order valence-corrected chi connectivity index (χ2v) is 5.45. The van der Waals surface area contributed by atoms with Crippen LogP contribution in [0.2, 0.25) is 0 Å². The number of nitrogens with one attached hydrogen (secondary N) is 1. The van der Waals surface area contributed by atoms with Gasteiger partial charge in [0.1, 0.15) is 47.8 Å². The van der Waals surface area contributed by atoms with E-state index in [1.165, 1.54) is 24.3 Å². The molecule has 0 aromatic heterocycles. The highest BCUT2D eigenvalue weighted by Gasteiger charge is 2.58. The molecule has 8 nitrogen and oxygen atoms in total. The molecule has 0 bridgehead atoms. The fourth-order valence-electron chi connectivity index (χ4n) is 2.89. The Bertz CT molecular complexity index is 547. The molecule has 1 unspecified atom stereocenters. The van der Waals surface area contributed by atoms with Crippen LogP contribution in [-0.2, 0) is 4.74 Å². The van der Waals surface area contributed by atoms with Crippen LogP contribution >= 0.6 is 0 Å². The van der Waals surface area contributed by atoms with Crippen molar-refractivity contribution >= 4 is 6.34 Å². The van der Waals surface area contributed by atoms with Crippen LogP contribution < -0.4 is 11.2 Å². The van der Waals surface area contributed by atoms with E-state index < -0.39 is 42.4 Å². The van der Waals surface area contributed by atoms with Gasteiger partial charge in [-0.1, -0.05) is 0 Å². The van der Waals surface area contributed by atoms with Gasteiger partial charge in [-0.15, -0.1) is 0 Å². The number of aliphatic hydroxyl groups excluding tert-OH is 2. The summed E-state index contributed by atoms with van der Waals surface area (Å²) in [4.78, 5) is 3.83. The Labute approximate surface area is 120 Å². The number of hydrogen-bond donors (Lipinski definition) is 5. The van der Waals surface area contributed by atoms with Crippen LogP contribution in [0.5, 0.6) is 0 Å². The zero-order valence-electron chi connectivity index (χ0n) is 11.3. The number of nitrogens with two attached hydrogens (primary N) is 1. The molecule has 1 fully saturated rings. The summed E-state index contributed by atoms with van der Waals surface area (Å²) in [5, 5.41) is 31.0. The molecule has 21 heavy (non-hydrogen) atoms. The van der Waals surface area contributed by atoms with Crippen molar-refractivity contribution < 1.29 is 24.4 Å². The smallest absolute Gasteiger partial charge is 0.150 e. The van der Waals surface area contributed by atoms with Gasteiger partial charge in [-0.25, -0.2) is 9.38 Å². The summed E-state index contributed by atoms with van der Waals surface area (Å²) in [6.07, 6.45) is -0.917. The molecule has 1 saturated heterocycles. The van der Waals surface area contributed by atoms with E-state index in [0.29, 0.717) is 5.70 Å². The Kier molecular flexibility index (Phi) is 3.17. The lowest BCUT2D eigenvalue weighted by molar-refractivity contribution is -0.0882. The minimum absolute atomic E-state index is 0.128. The fraction of sp³-hybridized carbons (Fsp3) is 0.583. The van der Waals surface area contributed by atoms with Gasteiger partial charge in [0.2, 0.25) is 0 Å². The first-order chi connectivity index (χ1) is 9.87. The number of ether oxygens (including phenoxy) is 1. The summed E-state index contributed by atoms with van der Waals surface area (Å²) in [6.45, 7) is 0.861. The van der Waals surface area contributed by atoms with E-state index in [2.05, 4.69) is 10.4 Å². The Morgan fingerprint density at radius 3 is 2.95 bits per heavy atom. The summed E-state index contributed by atoms with van der Waals surface area (Å²) in [6, 6.07) is -1.02. The van der Waals surface area contributed by atoms with Gasteiger partial charge in [0.05, 0.1) is 6.61 Å². The monoisotopic (exact) mass is 300 g/mol. The molecule has 3 heterocycles. The van der Waals surface area contributed by atoms with Crippen molar-refractivity contribution in [2.45, 2.75) is 36.9 Å². The number of fused-ring (bicyclic) bond motifs is 1. The van der Waals surface area contributed by atoms with Crippen LogP contribution in [0, 0.1) is 0 Å². The molecule has 0 aliphatic carbocycles. The Morgan fingerprint density at radius 2 is 2.33 bits per heavy atom. The quantitative estimate of drug-likeness (QED) is 0.402. The number of aliphatic imine (C=N–C) groups is 1. The summed E-state index contributed by atoms with van der Waals surface area (Å²) >= 11 is 0. The topological polar surface area (TPSA) is 124 Å². The molecule has 3 rings (SSSR count). The molecule has 0 radical (unpaired) electrons. The van der Waals surface area contributed by atoms with Crippen molar-refractivity contribution in [3.63, 3.8) is 0 Å². The fourth-order valence-corrected chi connectivity index (χ4v) is 2.89. The first-order valence-corrected chi connectivity index (χ1v) is 6.49. The molecule has 0 aromatic carbocycles. The summed E-state index contributed by atoms with van der Waals surface area (Å²) in [7, 11) is 0. The van der Waals surface area contributed by atoms with Crippen LogP contribution in [0.25, 0.3) is 0 Å². The second-order valence-electron chi connectivity index (χ2n) is 5.45. The molecule has 0 spiro atoms. The minimum atomic E-state index is -1.73.